The fourth-order valence-electron chi connectivity index (χ4n) is 9.96. The Morgan fingerprint density at radius 2 is 1.09 bits per heavy atom. The van der Waals surface area contributed by atoms with Gasteiger partial charge in [0.05, 0.1) is 33.2 Å². The fourth-order valence-corrected chi connectivity index (χ4v) is 9.96. The molecule has 2 aliphatic rings. The Labute approximate surface area is 379 Å². The summed E-state index contributed by atoms with van der Waals surface area (Å²) in [5.74, 6) is 2.03. The summed E-state index contributed by atoms with van der Waals surface area (Å²) in [6.45, 7) is 1.88. The standard InChI is InChI=1S/C54H52N6O5/c1-62-44-29-25-40(26-30-44)53(38-17-7-3-8-18-38,39-19-9-4-10-20-39)58-50-47-51(56-36-55-50)60(37-57-47)52-49(61)48(59-33-15-16-34-59)46(65-52)35-64-54(41-21-11-5-12-22-41,42-23-13-6-14-24-42)43-27-31-45(63-2)32-28-43/h3-14,17-32,36-37,46,48-49,52,61H,15-16,33-35H2,1-2H3,(H,55,56,58)/t46-,48-,49+,52-/m1/s1. The van der Waals surface area contributed by atoms with Crippen LogP contribution in [-0.4, -0.2) is 81.7 Å². The van der Waals surface area contributed by atoms with E-state index in [-0.39, 0.29) is 12.6 Å². The van der Waals surface area contributed by atoms with Crippen molar-refractivity contribution in [2.75, 3.05) is 39.2 Å². The Hall–Kier alpha value is -6.89. The first-order chi connectivity index (χ1) is 32.0. The first kappa shape index (κ1) is 42.1. The molecule has 0 aliphatic carbocycles. The zero-order valence-electron chi connectivity index (χ0n) is 36.5. The number of methoxy groups -OCH3 is 2. The number of hydrogen-bond donors (Lipinski definition) is 2. The van der Waals surface area contributed by atoms with Gasteiger partial charge in [-0.25, -0.2) is 15.0 Å². The lowest BCUT2D eigenvalue weighted by molar-refractivity contribution is -0.0898. The molecule has 11 nitrogen and oxygen atoms in total. The van der Waals surface area contributed by atoms with Gasteiger partial charge < -0.3 is 29.4 Å². The van der Waals surface area contributed by atoms with Crippen LogP contribution in [0.5, 0.6) is 11.5 Å². The summed E-state index contributed by atoms with van der Waals surface area (Å²) in [4.78, 5) is 17.0. The van der Waals surface area contributed by atoms with Gasteiger partial charge in [0.2, 0.25) is 0 Å². The van der Waals surface area contributed by atoms with E-state index in [2.05, 4.69) is 83.0 Å². The van der Waals surface area contributed by atoms with Crippen LogP contribution in [-0.2, 0) is 20.6 Å². The van der Waals surface area contributed by atoms with Gasteiger partial charge in [0.15, 0.2) is 23.2 Å². The van der Waals surface area contributed by atoms with Crippen molar-refractivity contribution in [3.63, 3.8) is 0 Å². The molecule has 2 N–H and O–H groups in total. The van der Waals surface area contributed by atoms with Gasteiger partial charge in [0.1, 0.15) is 41.2 Å². The molecule has 2 saturated heterocycles. The molecule has 8 aromatic rings. The average molecular weight is 865 g/mol. The van der Waals surface area contributed by atoms with Crippen LogP contribution >= 0.6 is 0 Å². The minimum atomic E-state index is -1.01. The third kappa shape index (κ3) is 7.70. The molecular formula is C54H52N6O5. The Bertz CT molecular complexity index is 2710. The summed E-state index contributed by atoms with van der Waals surface area (Å²) < 4.78 is 27.4. The van der Waals surface area contributed by atoms with Crippen molar-refractivity contribution >= 4 is 17.0 Å². The summed E-state index contributed by atoms with van der Waals surface area (Å²) in [6.07, 6.45) is 3.06. The number of hydrogen-bond acceptors (Lipinski definition) is 10. The lowest BCUT2D eigenvalue weighted by Crippen LogP contribution is -2.48. The van der Waals surface area contributed by atoms with Crippen LogP contribution in [0.4, 0.5) is 5.82 Å². The Balaban J connectivity index is 1.04. The second kappa shape index (κ2) is 18.3. The van der Waals surface area contributed by atoms with Gasteiger partial charge in [-0.3, -0.25) is 9.47 Å². The number of aliphatic hydroxyl groups excluding tert-OH is 1. The predicted octanol–water partition coefficient (Wildman–Crippen LogP) is 8.98. The molecule has 2 aromatic heterocycles. The van der Waals surface area contributed by atoms with Crippen molar-refractivity contribution in [2.45, 2.75) is 48.5 Å². The molecule has 11 heteroatoms. The van der Waals surface area contributed by atoms with Crippen molar-refractivity contribution in [3.8, 4) is 11.5 Å². The smallest absolute Gasteiger partial charge is 0.167 e. The lowest BCUT2D eigenvalue weighted by atomic mass is 9.77. The molecule has 0 bridgehead atoms. The highest BCUT2D eigenvalue weighted by Gasteiger charge is 2.50. The van der Waals surface area contributed by atoms with Crippen molar-refractivity contribution in [1.29, 1.82) is 0 Å². The number of anilines is 1. The molecule has 0 spiro atoms. The molecule has 0 radical (unpaired) electrons. The maximum absolute atomic E-state index is 12.5. The van der Waals surface area contributed by atoms with Crippen molar-refractivity contribution in [3.05, 3.63) is 216 Å². The molecule has 10 rings (SSSR count). The van der Waals surface area contributed by atoms with Crippen LogP contribution in [0.25, 0.3) is 11.2 Å². The molecule has 65 heavy (non-hydrogen) atoms. The highest BCUT2D eigenvalue weighted by Crippen LogP contribution is 2.45. The lowest BCUT2D eigenvalue weighted by Gasteiger charge is -2.38. The number of benzene rings is 6. The van der Waals surface area contributed by atoms with Crippen molar-refractivity contribution in [2.24, 2.45) is 0 Å². The predicted molar refractivity (Wildman–Crippen MR) is 251 cm³/mol. The van der Waals surface area contributed by atoms with Crippen molar-refractivity contribution < 1.29 is 24.1 Å². The fraction of sp³-hybridized carbons (Fsp3) is 0.241. The monoisotopic (exact) mass is 864 g/mol. The Morgan fingerprint density at radius 1 is 0.615 bits per heavy atom. The van der Waals surface area contributed by atoms with Gasteiger partial charge in [-0.2, -0.15) is 0 Å². The second-order valence-corrected chi connectivity index (χ2v) is 16.6. The normalized spacial score (nSPS) is 19.1. The van der Waals surface area contributed by atoms with E-state index in [0.29, 0.717) is 17.0 Å². The highest BCUT2D eigenvalue weighted by atomic mass is 16.6. The van der Waals surface area contributed by atoms with Gasteiger partial charge in [-0.15, -0.1) is 0 Å². The van der Waals surface area contributed by atoms with E-state index < -0.39 is 29.6 Å². The average Bonchev–Trinajstić information content (AvgIpc) is 4.14. The molecule has 2 aliphatic heterocycles. The van der Waals surface area contributed by atoms with Crippen LogP contribution in [0, 0.1) is 0 Å². The first-order valence-electron chi connectivity index (χ1n) is 22.2. The number of rotatable bonds is 15. The van der Waals surface area contributed by atoms with Gasteiger partial charge in [-0.05, 0) is 83.6 Å². The van der Waals surface area contributed by atoms with E-state index in [1.807, 2.05) is 102 Å². The van der Waals surface area contributed by atoms with E-state index in [9.17, 15) is 5.11 Å². The number of likely N-dealkylation sites (tertiary alicyclic amines) is 1. The molecule has 6 aromatic carbocycles. The summed E-state index contributed by atoms with van der Waals surface area (Å²) in [5.41, 5.74) is 5.02. The summed E-state index contributed by atoms with van der Waals surface area (Å²) >= 11 is 0. The van der Waals surface area contributed by atoms with Crippen molar-refractivity contribution in [1.82, 2.24) is 24.4 Å². The van der Waals surface area contributed by atoms with Crippen LogP contribution < -0.4 is 14.8 Å². The molecule has 4 heterocycles. The third-order valence-electron chi connectivity index (χ3n) is 13.1. The minimum Gasteiger partial charge on any atom is -0.497 e. The third-order valence-corrected chi connectivity index (χ3v) is 13.1. The maximum atomic E-state index is 12.5. The highest BCUT2D eigenvalue weighted by molar-refractivity contribution is 5.84. The molecule has 328 valence electrons. The van der Waals surface area contributed by atoms with Gasteiger partial charge in [0.25, 0.3) is 0 Å². The largest absolute Gasteiger partial charge is 0.497 e. The molecule has 0 unspecified atom stereocenters. The van der Waals surface area contributed by atoms with Gasteiger partial charge in [0, 0.05) is 0 Å². The first-order valence-corrected chi connectivity index (χ1v) is 22.2. The topological polar surface area (TPSA) is 116 Å². The van der Waals surface area contributed by atoms with Gasteiger partial charge >= 0.3 is 0 Å². The maximum Gasteiger partial charge on any atom is 0.167 e. The number of nitrogens with one attached hydrogen (secondary N) is 1. The summed E-state index contributed by atoms with van der Waals surface area (Å²) in [5, 5.41) is 16.4. The van der Waals surface area contributed by atoms with E-state index in [1.165, 1.54) is 0 Å². The number of imidazole rings is 1. The molecule has 4 atom stereocenters. The summed E-state index contributed by atoms with van der Waals surface area (Å²) in [7, 11) is 3.34. The summed E-state index contributed by atoms with van der Waals surface area (Å²) in [6, 6.07) is 57.0. The van der Waals surface area contributed by atoms with Crippen LogP contribution in [0.1, 0.15) is 52.5 Å². The van der Waals surface area contributed by atoms with E-state index in [0.717, 1.165) is 70.8 Å². The zero-order valence-corrected chi connectivity index (χ0v) is 36.5. The van der Waals surface area contributed by atoms with Crippen LogP contribution in [0.2, 0.25) is 0 Å². The van der Waals surface area contributed by atoms with E-state index in [1.54, 1.807) is 26.9 Å². The number of ether oxygens (including phenoxy) is 4. The molecular weight excluding hydrogens is 813 g/mol. The zero-order chi connectivity index (χ0) is 44.2. The molecule has 0 saturated carbocycles. The molecule has 2 fully saturated rings. The number of nitrogens with zero attached hydrogens (tertiary/aromatic N) is 5. The number of aromatic nitrogens is 4. The Morgan fingerprint density at radius 3 is 1.62 bits per heavy atom. The quantitative estimate of drug-likeness (QED) is 0.0969. The van der Waals surface area contributed by atoms with Crippen LogP contribution in [0.15, 0.2) is 183 Å². The molecule has 0 amide bonds. The van der Waals surface area contributed by atoms with Gasteiger partial charge in [-0.1, -0.05) is 146 Å². The number of aliphatic hydroxyl groups is 1. The SMILES string of the molecule is COc1ccc(C(Nc2ncnc3c2ncn3[C@@H]2O[C@H](COC(c3ccccc3)(c3ccccc3)c3ccc(OC)cc3)[C@@H](N3CCCC3)[C@@H]2O)(c2ccccc2)c2ccccc2)cc1. The minimum absolute atomic E-state index is 0.178. The van der Waals surface area contributed by atoms with E-state index >= 15 is 0 Å². The van der Waals surface area contributed by atoms with Crippen LogP contribution in [0.3, 0.4) is 0 Å². The van der Waals surface area contributed by atoms with E-state index in [4.69, 9.17) is 33.9 Å². The second-order valence-electron chi connectivity index (χ2n) is 16.6. The Kier molecular flexibility index (Phi) is 11.9. The number of fused-ring (bicyclic) bond motifs is 1.